The van der Waals surface area contributed by atoms with E-state index in [0.717, 1.165) is 43.2 Å². The van der Waals surface area contributed by atoms with Gasteiger partial charge in [-0.1, -0.05) is 12.1 Å². The zero-order valence-electron chi connectivity index (χ0n) is 16.5. The fraction of sp³-hybridized carbons (Fsp3) is 0.381. The van der Waals surface area contributed by atoms with Crippen LogP contribution in [-0.2, 0) is 4.79 Å². The van der Waals surface area contributed by atoms with Crippen LogP contribution in [0.3, 0.4) is 0 Å². The molecule has 1 heterocycles. The Hall–Kier alpha value is -3.13. The van der Waals surface area contributed by atoms with Gasteiger partial charge in [0.15, 0.2) is 0 Å². The molecule has 0 unspecified atom stereocenters. The van der Waals surface area contributed by atoms with E-state index >= 15 is 0 Å². The molecule has 1 aliphatic rings. The molecular formula is C21H26N4O4. The molecule has 2 aromatic rings. The van der Waals surface area contributed by atoms with E-state index in [1.807, 2.05) is 31.2 Å². The molecule has 1 amide bonds. The summed E-state index contributed by atoms with van der Waals surface area (Å²) in [7, 11) is 0. The zero-order chi connectivity index (χ0) is 20.6. The minimum atomic E-state index is -0.397. The number of hydrogen-bond donors (Lipinski definition) is 1. The van der Waals surface area contributed by atoms with Crippen LogP contribution >= 0.6 is 0 Å². The first-order valence-electron chi connectivity index (χ1n) is 9.69. The molecule has 1 fully saturated rings. The van der Waals surface area contributed by atoms with Crippen molar-refractivity contribution in [1.29, 1.82) is 0 Å². The number of nitrogens with zero attached hydrogens (tertiary/aromatic N) is 3. The predicted molar refractivity (Wildman–Crippen MR) is 111 cm³/mol. The van der Waals surface area contributed by atoms with Gasteiger partial charge in [-0.25, -0.2) is 0 Å². The third-order valence-corrected chi connectivity index (χ3v) is 4.85. The molecule has 154 valence electrons. The average Bonchev–Trinajstić information content (AvgIpc) is 2.72. The lowest BCUT2D eigenvalue weighted by molar-refractivity contribution is -0.384. The van der Waals surface area contributed by atoms with Crippen LogP contribution in [0.2, 0.25) is 0 Å². The van der Waals surface area contributed by atoms with Crippen LogP contribution < -0.4 is 15.0 Å². The number of nitro groups is 1. The van der Waals surface area contributed by atoms with Crippen molar-refractivity contribution in [2.45, 2.75) is 6.92 Å². The Kier molecular flexibility index (Phi) is 7.02. The molecule has 29 heavy (non-hydrogen) atoms. The number of nitrogens with one attached hydrogen (secondary N) is 1. The van der Waals surface area contributed by atoms with Gasteiger partial charge in [0, 0.05) is 44.0 Å². The monoisotopic (exact) mass is 398 g/mol. The van der Waals surface area contributed by atoms with Gasteiger partial charge >= 0.3 is 0 Å². The van der Waals surface area contributed by atoms with Gasteiger partial charge in [0.05, 0.1) is 18.0 Å². The third kappa shape index (κ3) is 6.18. The summed E-state index contributed by atoms with van der Waals surface area (Å²) < 4.78 is 5.64. The number of carbonyl (C=O) groups excluding carboxylic acids is 1. The second-order valence-electron chi connectivity index (χ2n) is 7.05. The molecule has 0 saturated carbocycles. The molecule has 0 aliphatic carbocycles. The quantitative estimate of drug-likeness (QED) is 0.417. The Labute approximate surface area is 170 Å². The highest BCUT2D eigenvalue weighted by Gasteiger charge is 2.19. The molecular weight excluding hydrogens is 372 g/mol. The minimum Gasteiger partial charge on any atom is -0.492 e. The van der Waals surface area contributed by atoms with Crippen molar-refractivity contribution in [1.82, 2.24) is 10.2 Å². The minimum absolute atomic E-state index is 0.0124. The summed E-state index contributed by atoms with van der Waals surface area (Å²) in [6.07, 6.45) is 0. The largest absolute Gasteiger partial charge is 0.492 e. The highest BCUT2D eigenvalue weighted by atomic mass is 16.6. The number of nitro benzene ring substituents is 1. The average molecular weight is 398 g/mol. The first-order chi connectivity index (χ1) is 14.0. The van der Waals surface area contributed by atoms with E-state index in [0.29, 0.717) is 19.7 Å². The van der Waals surface area contributed by atoms with Crippen LogP contribution in [0.4, 0.5) is 11.4 Å². The molecule has 1 N–H and O–H groups in total. The van der Waals surface area contributed by atoms with Crippen molar-refractivity contribution >= 4 is 17.3 Å². The Morgan fingerprint density at radius 1 is 1.14 bits per heavy atom. The second-order valence-corrected chi connectivity index (χ2v) is 7.05. The van der Waals surface area contributed by atoms with E-state index in [-0.39, 0.29) is 11.6 Å². The maximum absolute atomic E-state index is 12.1. The van der Waals surface area contributed by atoms with Crippen LogP contribution in [-0.4, -0.2) is 61.6 Å². The predicted octanol–water partition coefficient (Wildman–Crippen LogP) is 2.22. The number of carbonyl (C=O) groups is 1. The van der Waals surface area contributed by atoms with E-state index in [1.54, 1.807) is 12.1 Å². The van der Waals surface area contributed by atoms with Crippen LogP contribution in [0.25, 0.3) is 0 Å². The maximum atomic E-state index is 12.1. The van der Waals surface area contributed by atoms with Gasteiger partial charge < -0.3 is 15.0 Å². The lowest BCUT2D eigenvalue weighted by atomic mass is 10.2. The van der Waals surface area contributed by atoms with Crippen molar-refractivity contribution in [3.8, 4) is 5.75 Å². The number of amides is 1. The van der Waals surface area contributed by atoms with Crippen LogP contribution in [0.5, 0.6) is 5.75 Å². The molecule has 0 aromatic heterocycles. The summed E-state index contributed by atoms with van der Waals surface area (Å²) in [4.78, 5) is 26.8. The van der Waals surface area contributed by atoms with Crippen LogP contribution in [0, 0.1) is 17.0 Å². The van der Waals surface area contributed by atoms with Crippen molar-refractivity contribution in [3.63, 3.8) is 0 Å². The molecule has 1 saturated heterocycles. The number of rotatable bonds is 8. The first kappa shape index (κ1) is 20.6. The summed E-state index contributed by atoms with van der Waals surface area (Å²) in [5.41, 5.74) is 2.20. The number of non-ortho nitro benzene ring substituents is 1. The van der Waals surface area contributed by atoms with E-state index in [4.69, 9.17) is 4.74 Å². The van der Waals surface area contributed by atoms with E-state index in [1.165, 1.54) is 12.1 Å². The Bertz CT molecular complexity index is 833. The molecule has 0 bridgehead atoms. The summed E-state index contributed by atoms with van der Waals surface area (Å²) in [6, 6.07) is 14.4. The van der Waals surface area contributed by atoms with Crippen LogP contribution in [0.15, 0.2) is 48.5 Å². The summed E-state index contributed by atoms with van der Waals surface area (Å²) in [6.45, 7) is 6.37. The van der Waals surface area contributed by atoms with Gasteiger partial charge in [0.2, 0.25) is 5.91 Å². The summed E-state index contributed by atoms with van der Waals surface area (Å²) >= 11 is 0. The van der Waals surface area contributed by atoms with E-state index in [2.05, 4.69) is 15.1 Å². The van der Waals surface area contributed by atoms with Crippen molar-refractivity contribution in [2.75, 3.05) is 50.8 Å². The number of aryl methyl sites for hydroxylation is 1. The van der Waals surface area contributed by atoms with Gasteiger partial charge in [0.25, 0.3) is 5.69 Å². The molecule has 2 aromatic carbocycles. The SMILES string of the molecule is Cc1cccc(OCCNC(=O)CN2CCN(c3ccc([N+](=O)[O-])cc3)CC2)c1. The number of hydrogen-bond acceptors (Lipinski definition) is 6. The van der Waals surface area contributed by atoms with Crippen molar-refractivity contribution in [3.05, 3.63) is 64.2 Å². The van der Waals surface area contributed by atoms with E-state index in [9.17, 15) is 14.9 Å². The second kappa shape index (κ2) is 9.88. The molecule has 0 radical (unpaired) electrons. The van der Waals surface area contributed by atoms with Crippen molar-refractivity contribution in [2.24, 2.45) is 0 Å². The van der Waals surface area contributed by atoms with E-state index < -0.39 is 4.92 Å². The number of benzene rings is 2. The van der Waals surface area contributed by atoms with Gasteiger partial charge in [-0.05, 0) is 36.8 Å². The number of anilines is 1. The first-order valence-corrected chi connectivity index (χ1v) is 9.69. The zero-order valence-corrected chi connectivity index (χ0v) is 16.5. The lowest BCUT2D eigenvalue weighted by Crippen LogP contribution is -2.49. The number of ether oxygens (including phenoxy) is 1. The molecule has 8 heteroatoms. The fourth-order valence-corrected chi connectivity index (χ4v) is 3.27. The normalized spacial score (nSPS) is 14.4. The van der Waals surface area contributed by atoms with Crippen molar-refractivity contribution < 1.29 is 14.5 Å². The smallest absolute Gasteiger partial charge is 0.269 e. The maximum Gasteiger partial charge on any atom is 0.269 e. The fourth-order valence-electron chi connectivity index (χ4n) is 3.27. The molecule has 3 rings (SSSR count). The van der Waals surface area contributed by atoms with Gasteiger partial charge in [-0.3, -0.25) is 19.8 Å². The standard InChI is InChI=1S/C21H26N4O4/c1-17-3-2-4-20(15-17)29-14-9-22-21(26)16-23-10-12-24(13-11-23)18-5-7-19(8-6-18)25(27)28/h2-8,15H,9-14,16H2,1H3,(H,22,26). The Morgan fingerprint density at radius 3 is 2.52 bits per heavy atom. The third-order valence-electron chi connectivity index (χ3n) is 4.85. The van der Waals surface area contributed by atoms with Crippen LogP contribution in [0.1, 0.15) is 5.56 Å². The van der Waals surface area contributed by atoms with Gasteiger partial charge in [-0.15, -0.1) is 0 Å². The Morgan fingerprint density at radius 2 is 1.86 bits per heavy atom. The lowest BCUT2D eigenvalue weighted by Gasteiger charge is -2.35. The molecule has 1 aliphatic heterocycles. The topological polar surface area (TPSA) is 88.0 Å². The van der Waals surface area contributed by atoms with Gasteiger partial charge in [-0.2, -0.15) is 0 Å². The Balaban J connectivity index is 1.34. The molecule has 8 nitrogen and oxygen atoms in total. The molecule has 0 atom stereocenters. The highest BCUT2D eigenvalue weighted by Crippen LogP contribution is 2.20. The highest BCUT2D eigenvalue weighted by molar-refractivity contribution is 5.78. The number of piperazine rings is 1. The summed E-state index contributed by atoms with van der Waals surface area (Å²) in [5.74, 6) is 0.795. The summed E-state index contributed by atoms with van der Waals surface area (Å²) in [5, 5.41) is 13.6. The van der Waals surface area contributed by atoms with Gasteiger partial charge in [0.1, 0.15) is 12.4 Å². The molecule has 0 spiro atoms.